The Hall–Kier alpha value is -2.03. The molecule has 94 valence electrons. The van der Waals surface area contributed by atoms with Gasteiger partial charge in [-0.25, -0.2) is 0 Å². The highest BCUT2D eigenvalue weighted by Gasteiger charge is 1.96. The zero-order chi connectivity index (χ0) is 12.8. The van der Waals surface area contributed by atoms with Gasteiger partial charge in [0.1, 0.15) is 5.75 Å². The highest BCUT2D eigenvalue weighted by Crippen LogP contribution is 2.11. The Balaban J connectivity index is 1.74. The van der Waals surface area contributed by atoms with E-state index in [9.17, 15) is 0 Å². The van der Waals surface area contributed by atoms with Crippen LogP contribution in [-0.2, 0) is 6.42 Å². The Bertz CT molecular complexity index is 494. The molecule has 0 amide bonds. The molecule has 0 aliphatic carbocycles. The van der Waals surface area contributed by atoms with Crippen LogP contribution in [0.15, 0.2) is 42.6 Å². The molecular weight excluding hydrogens is 224 g/mol. The molecule has 3 nitrogen and oxygen atoms in total. The lowest BCUT2D eigenvalue weighted by Gasteiger charge is -2.06. The second-order valence-electron chi connectivity index (χ2n) is 4.33. The molecule has 0 atom stereocenters. The number of ether oxygens (including phenoxy) is 1. The van der Waals surface area contributed by atoms with Crippen molar-refractivity contribution in [2.24, 2.45) is 0 Å². The largest absolute Gasteiger partial charge is 0.492 e. The first kappa shape index (κ1) is 12.4. The topological polar surface area (TPSA) is 48.1 Å². The molecule has 0 spiro atoms. The molecule has 1 aromatic carbocycles. The molecule has 2 N–H and O–H groups in total. The van der Waals surface area contributed by atoms with E-state index in [2.05, 4.69) is 11.1 Å². The fourth-order valence-corrected chi connectivity index (χ4v) is 1.75. The van der Waals surface area contributed by atoms with Gasteiger partial charge in [-0.1, -0.05) is 12.1 Å². The molecule has 2 aromatic rings. The molecule has 0 aliphatic heterocycles. The molecule has 0 fully saturated rings. The fraction of sp³-hybridized carbons (Fsp3) is 0.267. The van der Waals surface area contributed by atoms with Crippen molar-refractivity contribution in [1.82, 2.24) is 4.98 Å². The molecule has 1 heterocycles. The molecule has 3 heteroatoms. The summed E-state index contributed by atoms with van der Waals surface area (Å²) in [5.74, 6) is 0.827. The van der Waals surface area contributed by atoms with E-state index < -0.39 is 0 Å². The zero-order valence-corrected chi connectivity index (χ0v) is 10.6. The van der Waals surface area contributed by atoms with Crippen molar-refractivity contribution in [2.45, 2.75) is 19.8 Å². The minimum absolute atomic E-state index is 0.694. The summed E-state index contributed by atoms with van der Waals surface area (Å²) in [4.78, 5) is 4.19. The maximum absolute atomic E-state index is 5.73. The van der Waals surface area contributed by atoms with Gasteiger partial charge in [-0.05, 0) is 49.6 Å². The van der Waals surface area contributed by atoms with Crippen LogP contribution in [0.5, 0.6) is 5.75 Å². The smallest absolute Gasteiger partial charge is 0.137 e. The number of benzene rings is 1. The summed E-state index contributed by atoms with van der Waals surface area (Å²) in [6.07, 6.45) is 3.71. The average molecular weight is 242 g/mol. The summed E-state index contributed by atoms with van der Waals surface area (Å²) in [5.41, 5.74) is 8.80. The third-order valence-electron chi connectivity index (χ3n) is 2.71. The first-order chi connectivity index (χ1) is 8.74. The van der Waals surface area contributed by atoms with E-state index in [1.807, 2.05) is 37.3 Å². The van der Waals surface area contributed by atoms with Gasteiger partial charge in [0.25, 0.3) is 0 Å². The van der Waals surface area contributed by atoms with Gasteiger partial charge in [0.15, 0.2) is 0 Å². The molecule has 0 saturated carbocycles. The average Bonchev–Trinajstić information content (AvgIpc) is 2.37. The lowest BCUT2D eigenvalue weighted by Crippen LogP contribution is -2.00. The number of aryl methyl sites for hydroxylation is 2. The van der Waals surface area contributed by atoms with Crippen LogP contribution in [0.25, 0.3) is 0 Å². The highest BCUT2D eigenvalue weighted by atomic mass is 16.5. The van der Waals surface area contributed by atoms with E-state index in [0.717, 1.165) is 30.0 Å². The molecule has 0 saturated heterocycles. The SMILES string of the molecule is Cc1ccc(OCCCc2cccc(N)c2)cn1. The Morgan fingerprint density at radius 1 is 1.22 bits per heavy atom. The van der Waals surface area contributed by atoms with Gasteiger partial charge in [-0.2, -0.15) is 0 Å². The van der Waals surface area contributed by atoms with Gasteiger partial charge < -0.3 is 10.5 Å². The van der Waals surface area contributed by atoms with Crippen molar-refractivity contribution >= 4 is 5.69 Å². The summed E-state index contributed by atoms with van der Waals surface area (Å²) >= 11 is 0. The molecule has 18 heavy (non-hydrogen) atoms. The van der Waals surface area contributed by atoms with Crippen molar-refractivity contribution in [3.8, 4) is 5.75 Å². The normalized spacial score (nSPS) is 10.3. The second kappa shape index (κ2) is 6.05. The minimum atomic E-state index is 0.694. The van der Waals surface area contributed by atoms with Crippen LogP contribution in [0.3, 0.4) is 0 Å². The van der Waals surface area contributed by atoms with Crippen molar-refractivity contribution in [2.75, 3.05) is 12.3 Å². The number of hydrogen-bond donors (Lipinski definition) is 1. The number of anilines is 1. The molecule has 1 aromatic heterocycles. The standard InChI is InChI=1S/C15H18N2O/c1-12-7-8-15(11-17-12)18-9-3-5-13-4-2-6-14(16)10-13/h2,4,6-8,10-11H,3,5,9,16H2,1H3. The quantitative estimate of drug-likeness (QED) is 0.647. The van der Waals surface area contributed by atoms with Gasteiger partial charge >= 0.3 is 0 Å². The van der Waals surface area contributed by atoms with Crippen LogP contribution in [0.4, 0.5) is 5.69 Å². The molecular formula is C15H18N2O. The number of hydrogen-bond acceptors (Lipinski definition) is 3. The number of aromatic nitrogens is 1. The molecule has 0 aliphatic rings. The molecule has 2 rings (SSSR count). The fourth-order valence-electron chi connectivity index (χ4n) is 1.75. The third-order valence-corrected chi connectivity index (χ3v) is 2.71. The predicted octanol–water partition coefficient (Wildman–Crippen LogP) is 2.98. The third kappa shape index (κ3) is 3.77. The number of pyridine rings is 1. The van der Waals surface area contributed by atoms with Crippen LogP contribution in [0, 0.1) is 6.92 Å². The molecule has 0 radical (unpaired) electrons. The highest BCUT2D eigenvalue weighted by molar-refractivity contribution is 5.40. The summed E-state index contributed by atoms with van der Waals surface area (Å²) < 4.78 is 5.62. The van der Waals surface area contributed by atoms with Gasteiger partial charge in [-0.3, -0.25) is 4.98 Å². The molecule has 0 unspecified atom stereocenters. The predicted molar refractivity (Wildman–Crippen MR) is 73.6 cm³/mol. The Kier molecular flexibility index (Phi) is 4.18. The van der Waals surface area contributed by atoms with Crippen molar-refractivity contribution in [3.05, 3.63) is 53.9 Å². The molecule has 0 bridgehead atoms. The van der Waals surface area contributed by atoms with E-state index in [4.69, 9.17) is 10.5 Å². The zero-order valence-electron chi connectivity index (χ0n) is 10.6. The maximum atomic E-state index is 5.73. The van der Waals surface area contributed by atoms with Crippen LogP contribution in [0.1, 0.15) is 17.7 Å². The second-order valence-corrected chi connectivity index (χ2v) is 4.33. The number of nitrogen functional groups attached to an aromatic ring is 1. The minimum Gasteiger partial charge on any atom is -0.492 e. The van der Waals surface area contributed by atoms with Crippen molar-refractivity contribution in [3.63, 3.8) is 0 Å². The lowest BCUT2D eigenvalue weighted by atomic mass is 10.1. The number of nitrogens with two attached hydrogens (primary N) is 1. The Morgan fingerprint density at radius 3 is 2.83 bits per heavy atom. The van der Waals surface area contributed by atoms with E-state index in [1.54, 1.807) is 6.20 Å². The maximum Gasteiger partial charge on any atom is 0.137 e. The summed E-state index contributed by atoms with van der Waals surface area (Å²) in [7, 11) is 0. The summed E-state index contributed by atoms with van der Waals surface area (Å²) in [5, 5.41) is 0. The van der Waals surface area contributed by atoms with Gasteiger partial charge in [0, 0.05) is 11.4 Å². The van der Waals surface area contributed by atoms with Crippen LogP contribution < -0.4 is 10.5 Å². The monoisotopic (exact) mass is 242 g/mol. The first-order valence-corrected chi connectivity index (χ1v) is 6.14. The Labute approximate surface area is 108 Å². The van der Waals surface area contributed by atoms with Crippen LogP contribution in [0.2, 0.25) is 0 Å². The van der Waals surface area contributed by atoms with Gasteiger partial charge in [0.05, 0.1) is 12.8 Å². The van der Waals surface area contributed by atoms with E-state index in [0.29, 0.717) is 6.61 Å². The summed E-state index contributed by atoms with van der Waals surface area (Å²) in [6.45, 7) is 2.66. The van der Waals surface area contributed by atoms with Crippen LogP contribution in [-0.4, -0.2) is 11.6 Å². The summed E-state index contributed by atoms with van der Waals surface area (Å²) in [6, 6.07) is 11.9. The van der Waals surface area contributed by atoms with E-state index >= 15 is 0 Å². The van der Waals surface area contributed by atoms with Crippen molar-refractivity contribution < 1.29 is 4.74 Å². The van der Waals surface area contributed by atoms with E-state index in [-0.39, 0.29) is 0 Å². The number of rotatable bonds is 5. The Morgan fingerprint density at radius 2 is 2.11 bits per heavy atom. The van der Waals surface area contributed by atoms with E-state index in [1.165, 1.54) is 5.56 Å². The number of nitrogens with zero attached hydrogens (tertiary/aromatic N) is 1. The lowest BCUT2D eigenvalue weighted by molar-refractivity contribution is 0.309. The van der Waals surface area contributed by atoms with Gasteiger partial charge in [-0.15, -0.1) is 0 Å². The van der Waals surface area contributed by atoms with Crippen molar-refractivity contribution in [1.29, 1.82) is 0 Å². The van der Waals surface area contributed by atoms with Crippen LogP contribution >= 0.6 is 0 Å². The van der Waals surface area contributed by atoms with Gasteiger partial charge in [0.2, 0.25) is 0 Å². The first-order valence-electron chi connectivity index (χ1n) is 6.14.